The second kappa shape index (κ2) is 14.0. The molecule has 9 nitrogen and oxygen atoms in total. The number of aliphatic hydroxyl groups is 1. The van der Waals surface area contributed by atoms with Gasteiger partial charge in [-0.15, -0.1) is 0 Å². The lowest BCUT2D eigenvalue weighted by Gasteiger charge is -2.45. The number of hydrogen-bond donors (Lipinski definition) is 2. The van der Waals surface area contributed by atoms with Gasteiger partial charge >= 0.3 is 12.1 Å². The molecule has 0 aromatic heterocycles. The molecule has 0 radical (unpaired) electrons. The average Bonchev–Trinajstić information content (AvgIpc) is 2.93. The van der Waals surface area contributed by atoms with E-state index in [9.17, 15) is 20.0 Å². The summed E-state index contributed by atoms with van der Waals surface area (Å²) in [6.07, 6.45) is -4.14. The number of carbonyl (C=O) groups excluding carboxylic acids is 2. The molecule has 10 heteroatoms. The lowest BCUT2D eigenvalue weighted by molar-refractivity contribution is -0.196. The van der Waals surface area contributed by atoms with E-state index in [1.165, 1.54) is 0 Å². The first-order chi connectivity index (χ1) is 20.1. The minimum atomic E-state index is -2.98. The molecule has 0 bridgehead atoms. The third-order valence-corrected chi connectivity index (χ3v) is 12.5. The van der Waals surface area contributed by atoms with Crippen molar-refractivity contribution >= 4 is 30.8 Å². The standard InChI is InChI=1S/C33H46N2O7Si/c1-22(2)27(35-31(38)42-32(3,4)5)30(37)41-29-26(39-20-23(19-34)28(29)36)21-40-43(33(6,7)8,24-15-11-9-12-16-24)25-17-13-10-14-18-25/h9-18,22-23,26-29,36H,20-21H2,1-8H3,(H,35,38)/t23?,26?,27-,28?,29?/m0/s1. The van der Waals surface area contributed by atoms with Crippen LogP contribution in [0.3, 0.4) is 0 Å². The van der Waals surface area contributed by atoms with E-state index >= 15 is 0 Å². The van der Waals surface area contributed by atoms with Crippen LogP contribution in [0, 0.1) is 23.2 Å². The number of esters is 1. The van der Waals surface area contributed by atoms with Crippen LogP contribution >= 0.6 is 0 Å². The topological polar surface area (TPSA) is 127 Å². The van der Waals surface area contributed by atoms with E-state index in [0.717, 1.165) is 10.4 Å². The zero-order chi connectivity index (χ0) is 32.0. The summed E-state index contributed by atoms with van der Waals surface area (Å²) in [4.78, 5) is 26.0. The quantitative estimate of drug-likeness (QED) is 0.323. The minimum absolute atomic E-state index is 0.00623. The van der Waals surface area contributed by atoms with Crippen LogP contribution in [0.4, 0.5) is 4.79 Å². The third kappa shape index (κ3) is 8.24. The highest BCUT2D eigenvalue weighted by atomic mass is 28.4. The number of alkyl carbamates (subject to hydrolysis) is 1. The number of benzene rings is 2. The fourth-order valence-corrected chi connectivity index (χ4v) is 9.95. The Morgan fingerprint density at radius 2 is 1.56 bits per heavy atom. The third-order valence-electron chi connectivity index (χ3n) is 7.50. The van der Waals surface area contributed by atoms with Crippen molar-refractivity contribution in [2.24, 2.45) is 11.8 Å². The Labute approximate surface area is 256 Å². The number of nitrogens with zero attached hydrogens (tertiary/aromatic N) is 1. The second-order valence-electron chi connectivity index (χ2n) is 13.3. The maximum Gasteiger partial charge on any atom is 0.408 e. The molecule has 3 rings (SSSR count). The van der Waals surface area contributed by atoms with Crippen LogP contribution in [0.15, 0.2) is 60.7 Å². The van der Waals surface area contributed by atoms with Gasteiger partial charge in [0.25, 0.3) is 8.32 Å². The molecule has 1 fully saturated rings. The molecule has 0 aliphatic carbocycles. The van der Waals surface area contributed by atoms with Crippen LogP contribution in [0.5, 0.6) is 0 Å². The Hall–Kier alpha value is -3.23. The molecule has 1 amide bonds. The Morgan fingerprint density at radius 1 is 1.02 bits per heavy atom. The van der Waals surface area contributed by atoms with E-state index in [1.807, 2.05) is 42.5 Å². The van der Waals surface area contributed by atoms with Gasteiger partial charge in [0.1, 0.15) is 23.9 Å². The summed E-state index contributed by atoms with van der Waals surface area (Å²) in [5.74, 6) is -2.01. The summed E-state index contributed by atoms with van der Waals surface area (Å²) in [5, 5.41) is 25.3. The molecule has 2 aromatic carbocycles. The van der Waals surface area contributed by atoms with Gasteiger partial charge in [-0.05, 0) is 42.1 Å². The van der Waals surface area contributed by atoms with Crippen LogP contribution in [0.25, 0.3) is 0 Å². The highest BCUT2D eigenvalue weighted by Gasteiger charge is 2.52. The van der Waals surface area contributed by atoms with Gasteiger partial charge in [0, 0.05) is 0 Å². The molecule has 1 aliphatic rings. The Kier molecular flexibility index (Phi) is 11.2. The monoisotopic (exact) mass is 610 g/mol. The Balaban J connectivity index is 1.94. The first kappa shape index (κ1) is 34.3. The molecule has 4 unspecified atom stereocenters. The molecule has 5 atom stereocenters. The summed E-state index contributed by atoms with van der Waals surface area (Å²) in [7, 11) is -2.98. The van der Waals surface area contributed by atoms with Crippen molar-refractivity contribution in [2.45, 2.75) is 90.4 Å². The van der Waals surface area contributed by atoms with Crippen molar-refractivity contribution in [3.05, 3.63) is 60.7 Å². The number of aliphatic hydroxyl groups excluding tert-OH is 1. The van der Waals surface area contributed by atoms with E-state index in [0.29, 0.717) is 0 Å². The van der Waals surface area contributed by atoms with Crippen LogP contribution in [0.2, 0.25) is 5.04 Å². The zero-order valence-electron chi connectivity index (χ0n) is 26.5. The summed E-state index contributed by atoms with van der Waals surface area (Å²) in [5.41, 5.74) is -0.758. The van der Waals surface area contributed by atoms with Gasteiger partial charge in [-0.3, -0.25) is 0 Å². The predicted molar refractivity (Wildman–Crippen MR) is 166 cm³/mol. The number of nitriles is 1. The fraction of sp³-hybridized carbons (Fsp3) is 0.545. The summed E-state index contributed by atoms with van der Waals surface area (Å²) in [6.45, 7) is 15.1. The smallest absolute Gasteiger partial charge is 0.408 e. The highest BCUT2D eigenvalue weighted by Crippen LogP contribution is 2.37. The number of carbonyl (C=O) groups is 2. The van der Waals surface area contributed by atoms with Gasteiger partial charge in [-0.25, -0.2) is 9.59 Å². The number of ether oxygens (including phenoxy) is 3. The molecule has 0 spiro atoms. The van der Waals surface area contributed by atoms with Crippen molar-refractivity contribution in [1.82, 2.24) is 5.32 Å². The molecule has 2 N–H and O–H groups in total. The van der Waals surface area contributed by atoms with Gasteiger partial charge in [0.2, 0.25) is 0 Å². The molecule has 0 saturated carbocycles. The van der Waals surface area contributed by atoms with Crippen LogP contribution in [-0.4, -0.2) is 68.7 Å². The lowest BCUT2D eigenvalue weighted by Crippen LogP contribution is -2.68. The number of nitrogens with one attached hydrogen (secondary N) is 1. The van der Waals surface area contributed by atoms with E-state index < -0.39 is 56.3 Å². The van der Waals surface area contributed by atoms with Gasteiger partial charge in [0.05, 0.1) is 25.2 Å². The number of amides is 1. The molecular weight excluding hydrogens is 564 g/mol. The number of hydrogen-bond acceptors (Lipinski definition) is 8. The second-order valence-corrected chi connectivity index (χ2v) is 17.6. The molecule has 234 valence electrons. The summed E-state index contributed by atoms with van der Waals surface area (Å²) < 4.78 is 24.3. The number of rotatable bonds is 9. The van der Waals surface area contributed by atoms with Crippen molar-refractivity contribution in [1.29, 1.82) is 5.26 Å². The zero-order valence-corrected chi connectivity index (χ0v) is 27.5. The normalized spacial score (nSPS) is 21.9. The summed E-state index contributed by atoms with van der Waals surface area (Å²) >= 11 is 0. The Bertz CT molecular complexity index is 1210. The van der Waals surface area contributed by atoms with Gasteiger partial charge in [-0.2, -0.15) is 5.26 Å². The molecule has 1 aliphatic heterocycles. The molecule has 43 heavy (non-hydrogen) atoms. The van der Waals surface area contributed by atoms with Crippen LogP contribution in [0.1, 0.15) is 55.4 Å². The van der Waals surface area contributed by atoms with Crippen molar-refractivity contribution in [2.75, 3.05) is 13.2 Å². The highest BCUT2D eigenvalue weighted by molar-refractivity contribution is 6.99. The molecule has 2 aromatic rings. The maximum atomic E-state index is 13.5. The van der Waals surface area contributed by atoms with Crippen LogP contribution in [-0.2, 0) is 23.4 Å². The van der Waals surface area contributed by atoms with Crippen molar-refractivity contribution < 1.29 is 33.3 Å². The van der Waals surface area contributed by atoms with E-state index in [-0.39, 0.29) is 24.2 Å². The van der Waals surface area contributed by atoms with E-state index in [1.54, 1.807) is 34.6 Å². The average molecular weight is 611 g/mol. The van der Waals surface area contributed by atoms with Crippen LogP contribution < -0.4 is 15.7 Å². The molecule has 1 saturated heterocycles. The van der Waals surface area contributed by atoms with E-state index in [2.05, 4.69) is 50.4 Å². The predicted octanol–water partition coefficient (Wildman–Crippen LogP) is 3.92. The molecule has 1 heterocycles. The van der Waals surface area contributed by atoms with Gasteiger partial charge in [0.15, 0.2) is 6.10 Å². The SMILES string of the molecule is CC(C)[C@H](NC(=O)OC(C)(C)C)C(=O)OC1C(CO[Si](c2ccccc2)(c2ccccc2)C(C)(C)C)OCC(C#N)C1O. The van der Waals surface area contributed by atoms with Gasteiger partial charge in [-0.1, -0.05) is 95.3 Å². The first-order valence-corrected chi connectivity index (χ1v) is 16.7. The van der Waals surface area contributed by atoms with Crippen molar-refractivity contribution in [3.63, 3.8) is 0 Å². The van der Waals surface area contributed by atoms with Gasteiger partial charge < -0.3 is 29.1 Å². The Morgan fingerprint density at radius 3 is 2.00 bits per heavy atom. The largest absolute Gasteiger partial charge is 0.455 e. The molecular formula is C33H46N2O7Si. The van der Waals surface area contributed by atoms with Crippen molar-refractivity contribution in [3.8, 4) is 6.07 Å². The minimum Gasteiger partial charge on any atom is -0.455 e. The summed E-state index contributed by atoms with van der Waals surface area (Å²) in [6, 6.07) is 21.1. The maximum absolute atomic E-state index is 13.5. The van der Waals surface area contributed by atoms with E-state index in [4.69, 9.17) is 18.6 Å². The first-order valence-electron chi connectivity index (χ1n) is 14.7. The fourth-order valence-electron chi connectivity index (χ4n) is 5.38. The lowest BCUT2D eigenvalue weighted by atomic mass is 9.93.